The summed E-state index contributed by atoms with van der Waals surface area (Å²) in [6.07, 6.45) is 1.61. The van der Waals surface area contributed by atoms with Gasteiger partial charge in [-0.2, -0.15) is 0 Å². The molecule has 0 radical (unpaired) electrons. The molecule has 130 valence electrons. The van der Waals surface area contributed by atoms with Crippen molar-refractivity contribution in [3.63, 3.8) is 0 Å². The second-order valence-corrected chi connectivity index (χ2v) is 6.47. The highest BCUT2D eigenvalue weighted by atomic mass is 16.5. The first-order chi connectivity index (χ1) is 12.9. The van der Waals surface area contributed by atoms with E-state index < -0.39 is 0 Å². The van der Waals surface area contributed by atoms with Gasteiger partial charge in [0, 0.05) is 12.2 Å². The van der Waals surface area contributed by atoms with Gasteiger partial charge in [-0.25, -0.2) is 0 Å². The van der Waals surface area contributed by atoms with Crippen LogP contribution in [0.3, 0.4) is 0 Å². The molecule has 0 atom stereocenters. The highest BCUT2D eigenvalue weighted by Gasteiger charge is 2.13. The predicted molar refractivity (Wildman–Crippen MR) is 109 cm³/mol. The van der Waals surface area contributed by atoms with Crippen molar-refractivity contribution >= 4 is 21.5 Å². The Morgan fingerprint density at radius 1 is 0.654 bits per heavy atom. The fourth-order valence-corrected chi connectivity index (χ4v) is 3.49. The van der Waals surface area contributed by atoms with Crippen molar-refractivity contribution in [2.24, 2.45) is 0 Å². The van der Waals surface area contributed by atoms with Crippen LogP contribution in [0.1, 0.15) is 12.8 Å². The number of hydrogen-bond acceptors (Lipinski definition) is 2. The summed E-state index contributed by atoms with van der Waals surface area (Å²) in [7, 11) is 0. The molecule has 4 aromatic carbocycles. The quantitative estimate of drug-likeness (QED) is 0.448. The van der Waals surface area contributed by atoms with Crippen LogP contribution in [-0.2, 0) is 0 Å². The van der Waals surface area contributed by atoms with Gasteiger partial charge < -0.3 is 9.84 Å². The van der Waals surface area contributed by atoms with Crippen LogP contribution < -0.4 is 4.74 Å². The molecule has 0 fully saturated rings. The average Bonchev–Trinajstić information content (AvgIpc) is 2.70. The number of unbranched alkanes of at least 4 members (excludes halogenated alkanes) is 1. The zero-order valence-electron chi connectivity index (χ0n) is 14.7. The van der Waals surface area contributed by atoms with Gasteiger partial charge in [-0.1, -0.05) is 72.8 Å². The Hall–Kier alpha value is -2.84. The molecular weight excluding hydrogens is 320 g/mol. The Bertz CT molecular complexity index is 1030. The molecule has 0 heterocycles. The monoisotopic (exact) mass is 342 g/mol. The van der Waals surface area contributed by atoms with Gasteiger partial charge in [-0.05, 0) is 46.0 Å². The van der Waals surface area contributed by atoms with Gasteiger partial charge in [0.05, 0.1) is 6.61 Å². The number of aliphatic hydroxyl groups is 1. The molecule has 1 N–H and O–H groups in total. The molecule has 0 spiro atoms. The van der Waals surface area contributed by atoms with Crippen LogP contribution in [0.25, 0.3) is 32.7 Å². The third-order valence-corrected chi connectivity index (χ3v) is 4.76. The molecule has 0 aliphatic rings. The summed E-state index contributed by atoms with van der Waals surface area (Å²) in [4.78, 5) is 0. The van der Waals surface area contributed by atoms with Crippen molar-refractivity contribution in [2.45, 2.75) is 12.8 Å². The normalized spacial score (nSPS) is 11.1. The third kappa shape index (κ3) is 3.16. The summed E-state index contributed by atoms with van der Waals surface area (Å²) < 4.78 is 6.14. The summed E-state index contributed by atoms with van der Waals surface area (Å²) in [6, 6.07) is 27.5. The summed E-state index contributed by atoms with van der Waals surface area (Å²) in [5.74, 6) is 0.901. The highest BCUT2D eigenvalue weighted by Crippen LogP contribution is 2.40. The lowest BCUT2D eigenvalue weighted by molar-refractivity contribution is 0.253. The topological polar surface area (TPSA) is 29.5 Å². The van der Waals surface area contributed by atoms with Crippen LogP contribution in [0.4, 0.5) is 0 Å². The van der Waals surface area contributed by atoms with E-state index in [-0.39, 0.29) is 6.61 Å². The van der Waals surface area contributed by atoms with E-state index in [0.29, 0.717) is 6.61 Å². The Kier molecular flexibility index (Phi) is 4.85. The van der Waals surface area contributed by atoms with Gasteiger partial charge in [0.2, 0.25) is 0 Å². The maximum absolute atomic E-state index is 9.00. The molecule has 0 amide bonds. The van der Waals surface area contributed by atoms with Crippen LogP contribution in [0.2, 0.25) is 0 Å². The number of rotatable bonds is 6. The Morgan fingerprint density at radius 2 is 1.35 bits per heavy atom. The summed E-state index contributed by atoms with van der Waals surface area (Å²) in [5.41, 5.74) is 2.33. The van der Waals surface area contributed by atoms with Crippen LogP contribution in [0.5, 0.6) is 5.75 Å². The van der Waals surface area contributed by atoms with Crippen LogP contribution in [0.15, 0.2) is 78.9 Å². The molecule has 2 nitrogen and oxygen atoms in total. The molecule has 4 rings (SSSR count). The van der Waals surface area contributed by atoms with Crippen molar-refractivity contribution < 1.29 is 9.84 Å². The first-order valence-corrected chi connectivity index (χ1v) is 9.12. The number of fused-ring (bicyclic) bond motifs is 2. The maximum atomic E-state index is 9.00. The molecule has 4 aromatic rings. The lowest BCUT2D eigenvalue weighted by atomic mass is 9.93. The second kappa shape index (κ2) is 7.59. The number of ether oxygens (including phenoxy) is 1. The average molecular weight is 342 g/mol. The van der Waals surface area contributed by atoms with Crippen molar-refractivity contribution in [1.29, 1.82) is 0 Å². The molecule has 26 heavy (non-hydrogen) atoms. The van der Waals surface area contributed by atoms with Gasteiger partial charge >= 0.3 is 0 Å². The molecule has 0 saturated carbocycles. The maximum Gasteiger partial charge on any atom is 0.127 e. The zero-order chi connectivity index (χ0) is 17.8. The lowest BCUT2D eigenvalue weighted by Crippen LogP contribution is -2.00. The number of aliphatic hydroxyl groups excluding tert-OH is 1. The number of hydrogen-bond donors (Lipinski definition) is 1. The lowest BCUT2D eigenvalue weighted by Gasteiger charge is -2.16. The predicted octanol–water partition coefficient (Wildman–Crippen LogP) is 5.81. The van der Waals surface area contributed by atoms with Gasteiger partial charge in [0.15, 0.2) is 0 Å². The van der Waals surface area contributed by atoms with Gasteiger partial charge in [-0.3, -0.25) is 0 Å². The molecule has 0 aromatic heterocycles. The Balaban J connectivity index is 1.90. The van der Waals surface area contributed by atoms with E-state index in [1.165, 1.54) is 27.1 Å². The largest absolute Gasteiger partial charge is 0.493 e. The smallest absolute Gasteiger partial charge is 0.127 e. The molecule has 0 unspecified atom stereocenters. The van der Waals surface area contributed by atoms with Crippen molar-refractivity contribution in [3.05, 3.63) is 78.9 Å². The first kappa shape index (κ1) is 16.6. The minimum Gasteiger partial charge on any atom is -0.493 e. The van der Waals surface area contributed by atoms with Crippen molar-refractivity contribution in [3.8, 4) is 16.9 Å². The molecule has 2 heteroatoms. The molecule has 0 saturated heterocycles. The van der Waals surface area contributed by atoms with E-state index >= 15 is 0 Å². The van der Waals surface area contributed by atoms with E-state index in [4.69, 9.17) is 9.84 Å². The number of benzene rings is 4. The van der Waals surface area contributed by atoms with Gasteiger partial charge in [-0.15, -0.1) is 0 Å². The second-order valence-electron chi connectivity index (χ2n) is 6.47. The SMILES string of the molecule is OCCCCOc1ccc2ccccc2c1-c1cccc2ccccc12. The Labute approximate surface area is 153 Å². The summed E-state index contributed by atoms with van der Waals surface area (Å²) >= 11 is 0. The first-order valence-electron chi connectivity index (χ1n) is 9.12. The van der Waals surface area contributed by atoms with Crippen LogP contribution >= 0.6 is 0 Å². The highest BCUT2D eigenvalue weighted by molar-refractivity contribution is 6.07. The summed E-state index contributed by atoms with van der Waals surface area (Å²) in [5, 5.41) is 13.9. The molecule has 0 bridgehead atoms. The van der Waals surface area contributed by atoms with Crippen LogP contribution in [0, 0.1) is 0 Å². The minimum atomic E-state index is 0.206. The minimum absolute atomic E-state index is 0.206. The summed E-state index contributed by atoms with van der Waals surface area (Å²) in [6.45, 7) is 0.813. The third-order valence-electron chi connectivity index (χ3n) is 4.76. The molecule has 0 aliphatic carbocycles. The van der Waals surface area contributed by atoms with Gasteiger partial charge in [0.25, 0.3) is 0 Å². The fourth-order valence-electron chi connectivity index (χ4n) is 3.49. The van der Waals surface area contributed by atoms with E-state index in [1.54, 1.807) is 0 Å². The standard InChI is InChI=1S/C24H22O2/c25-16-5-6-17-26-23-15-14-19-9-2-4-12-21(19)24(23)22-13-7-10-18-8-1-3-11-20(18)22/h1-4,7-15,25H,5-6,16-17H2. The van der Waals surface area contributed by atoms with E-state index in [0.717, 1.165) is 24.2 Å². The van der Waals surface area contributed by atoms with E-state index in [9.17, 15) is 0 Å². The van der Waals surface area contributed by atoms with Crippen LogP contribution in [-0.4, -0.2) is 18.3 Å². The molecule has 0 aliphatic heterocycles. The van der Waals surface area contributed by atoms with E-state index in [1.807, 2.05) is 0 Å². The van der Waals surface area contributed by atoms with E-state index in [2.05, 4.69) is 78.9 Å². The molecular formula is C24H22O2. The van der Waals surface area contributed by atoms with Gasteiger partial charge in [0.1, 0.15) is 5.75 Å². The fraction of sp³-hybridized carbons (Fsp3) is 0.167. The van der Waals surface area contributed by atoms with Crippen molar-refractivity contribution in [1.82, 2.24) is 0 Å². The Morgan fingerprint density at radius 3 is 2.15 bits per heavy atom. The van der Waals surface area contributed by atoms with Crippen molar-refractivity contribution in [2.75, 3.05) is 13.2 Å². The zero-order valence-corrected chi connectivity index (χ0v) is 14.7.